The van der Waals surface area contributed by atoms with E-state index in [1.165, 1.54) is 88.7 Å². The zero-order valence-corrected chi connectivity index (χ0v) is 21.7. The molecule has 0 bridgehead atoms. The Hall–Kier alpha value is -1.21. The van der Waals surface area contributed by atoms with Crippen LogP contribution < -0.4 is 16.2 Å². The summed E-state index contributed by atoms with van der Waals surface area (Å²) < 4.78 is 15.3. The molecule has 33 heavy (non-hydrogen) atoms. The number of carbonyl (C=O) groups is 1. The van der Waals surface area contributed by atoms with Gasteiger partial charge in [-0.15, -0.1) is 0 Å². The maximum absolute atomic E-state index is 11.8. The normalized spacial score (nSPS) is 11.0. The molecule has 0 aliphatic carbocycles. The largest absolute Gasteiger partial charge is 0.381 e. The number of hydrazine groups is 1. The molecule has 1 rings (SSSR count). The van der Waals surface area contributed by atoms with Gasteiger partial charge < -0.3 is 14.6 Å². The third-order valence-electron chi connectivity index (χ3n) is 4.60. The highest BCUT2D eigenvalue weighted by Gasteiger charge is 2.07. The number of aromatic nitrogens is 2. The molecule has 0 aliphatic rings. The van der Waals surface area contributed by atoms with Crippen LogP contribution in [0.4, 0.5) is 10.8 Å². The average Bonchev–Trinajstić information content (AvgIpc) is 3.28. The first-order valence-corrected chi connectivity index (χ1v) is 13.8. The lowest BCUT2D eigenvalue weighted by atomic mass is 10.1. The first kappa shape index (κ1) is 29.8. The Morgan fingerprint density at radius 2 is 1.67 bits per heavy atom. The zero-order chi connectivity index (χ0) is 23.8. The van der Waals surface area contributed by atoms with Crippen LogP contribution in [0.25, 0.3) is 0 Å². The molecule has 12 heteroatoms. The first-order valence-electron chi connectivity index (χ1n) is 11.9. The number of rotatable bonds is 23. The second kappa shape index (κ2) is 22.6. The number of ether oxygens (including phenoxy) is 1. The van der Waals surface area contributed by atoms with Gasteiger partial charge in [-0.25, -0.2) is 20.5 Å². The van der Waals surface area contributed by atoms with Gasteiger partial charge >= 0.3 is 12.0 Å². The Labute approximate surface area is 206 Å². The number of hydrogen-bond acceptors (Lipinski definition) is 10. The van der Waals surface area contributed by atoms with Gasteiger partial charge in [-0.1, -0.05) is 76.5 Å². The Morgan fingerprint density at radius 1 is 0.970 bits per heavy atom. The predicted octanol–water partition coefficient (Wildman–Crippen LogP) is 5.34. The number of urea groups is 1. The van der Waals surface area contributed by atoms with Crippen LogP contribution >= 0.6 is 23.8 Å². The Balaban J connectivity index is 1.86. The maximum atomic E-state index is 11.8. The van der Waals surface area contributed by atoms with Crippen molar-refractivity contribution in [2.24, 2.45) is 0 Å². The molecule has 3 N–H and O–H groups in total. The standard InChI is InChI=1S/C21H41N5O5S2/c1-3-4-5-6-7-8-9-10-11-12-15-29-16-13-14-22-19(27)24-25-20-23-21(26-30-20)32-17-18-33-31-28-2/h3-18H2,1-2H3,(H2,22,24,27)(H,23,25,26). The quantitative estimate of drug-likeness (QED) is 0.0588. The van der Waals surface area contributed by atoms with E-state index in [9.17, 15) is 4.79 Å². The van der Waals surface area contributed by atoms with Gasteiger partial charge in [-0.2, -0.15) is 9.32 Å². The van der Waals surface area contributed by atoms with E-state index in [4.69, 9.17) is 13.6 Å². The summed E-state index contributed by atoms with van der Waals surface area (Å²) in [5, 5.41) is 7.01. The van der Waals surface area contributed by atoms with E-state index in [0.717, 1.165) is 25.2 Å². The lowest BCUT2D eigenvalue weighted by molar-refractivity contribution is -0.160. The van der Waals surface area contributed by atoms with Crippen molar-refractivity contribution in [3.05, 3.63) is 0 Å². The van der Waals surface area contributed by atoms with Crippen molar-refractivity contribution in [2.75, 3.05) is 43.8 Å². The highest BCUT2D eigenvalue weighted by atomic mass is 32.2. The smallest absolute Gasteiger partial charge is 0.340 e. The van der Waals surface area contributed by atoms with Crippen molar-refractivity contribution in [1.82, 2.24) is 20.9 Å². The van der Waals surface area contributed by atoms with Crippen LogP contribution in [0.1, 0.15) is 77.6 Å². The molecule has 0 spiro atoms. The molecule has 0 saturated heterocycles. The molecule has 0 atom stereocenters. The van der Waals surface area contributed by atoms with E-state index in [1.807, 2.05) is 0 Å². The van der Waals surface area contributed by atoms with Gasteiger partial charge in [0.15, 0.2) is 0 Å². The number of hydrogen-bond donors (Lipinski definition) is 3. The fourth-order valence-corrected chi connectivity index (χ4v) is 4.08. The van der Waals surface area contributed by atoms with E-state index < -0.39 is 0 Å². The highest BCUT2D eigenvalue weighted by Crippen LogP contribution is 2.17. The molecule has 10 nitrogen and oxygen atoms in total. The molecule has 1 aromatic rings. The van der Waals surface area contributed by atoms with Crippen molar-refractivity contribution >= 4 is 35.9 Å². The molecule has 0 aromatic carbocycles. The van der Waals surface area contributed by atoms with Crippen LogP contribution in [0.3, 0.4) is 0 Å². The van der Waals surface area contributed by atoms with Crippen LogP contribution in [0.15, 0.2) is 9.68 Å². The van der Waals surface area contributed by atoms with Crippen LogP contribution in [0.2, 0.25) is 0 Å². The number of anilines is 1. The van der Waals surface area contributed by atoms with Crippen molar-refractivity contribution in [1.29, 1.82) is 0 Å². The molecule has 0 aliphatic heterocycles. The predicted molar refractivity (Wildman–Crippen MR) is 133 cm³/mol. The number of carbonyl (C=O) groups excluding carboxylic acids is 1. The second-order valence-electron chi connectivity index (χ2n) is 7.44. The molecule has 1 aromatic heterocycles. The minimum Gasteiger partial charge on any atom is -0.381 e. The summed E-state index contributed by atoms with van der Waals surface area (Å²) in [5.41, 5.74) is 5.04. The number of nitrogens with one attached hydrogen (secondary N) is 3. The molecular weight excluding hydrogens is 466 g/mol. The van der Waals surface area contributed by atoms with Crippen molar-refractivity contribution in [3.8, 4) is 0 Å². The summed E-state index contributed by atoms with van der Waals surface area (Å²) >= 11 is 2.60. The van der Waals surface area contributed by atoms with E-state index in [0.29, 0.717) is 24.1 Å². The molecule has 192 valence electrons. The second-order valence-corrected chi connectivity index (χ2v) is 9.28. The molecule has 0 saturated carbocycles. The molecule has 0 unspecified atom stereocenters. The monoisotopic (exact) mass is 507 g/mol. The third kappa shape index (κ3) is 18.9. The highest BCUT2D eigenvalue weighted by molar-refractivity contribution is 8.01. The number of amides is 2. The number of nitrogens with zero attached hydrogens (tertiary/aromatic N) is 2. The van der Waals surface area contributed by atoms with Crippen LogP contribution in [0.5, 0.6) is 0 Å². The van der Waals surface area contributed by atoms with Gasteiger partial charge in [0, 0.05) is 43.3 Å². The molecule has 2 amide bonds. The van der Waals surface area contributed by atoms with Crippen molar-refractivity contribution in [3.63, 3.8) is 0 Å². The topological polar surface area (TPSA) is 120 Å². The molecular formula is C21H41N5O5S2. The minimum atomic E-state index is -0.370. The van der Waals surface area contributed by atoms with Gasteiger partial charge in [0.05, 0.1) is 7.11 Å². The lowest BCUT2D eigenvalue weighted by Gasteiger charge is -2.07. The SMILES string of the molecule is CCCCCCCCCCCCOCCCNC(=O)NNc1nc(SCCSOOC)no1. The molecule has 1 heterocycles. The van der Waals surface area contributed by atoms with Crippen LogP contribution in [-0.2, 0) is 14.0 Å². The maximum Gasteiger partial charge on any atom is 0.340 e. The van der Waals surface area contributed by atoms with Gasteiger partial charge in [-0.3, -0.25) is 0 Å². The van der Waals surface area contributed by atoms with E-state index >= 15 is 0 Å². The van der Waals surface area contributed by atoms with Crippen molar-refractivity contribution < 1.29 is 23.3 Å². The Morgan fingerprint density at radius 3 is 2.39 bits per heavy atom. The number of thioether (sulfide) groups is 1. The van der Waals surface area contributed by atoms with Gasteiger partial charge in [-0.05, 0) is 18.0 Å². The fraction of sp³-hybridized carbons (Fsp3) is 0.857. The lowest BCUT2D eigenvalue weighted by Crippen LogP contribution is -2.39. The van der Waals surface area contributed by atoms with Gasteiger partial charge in [0.25, 0.3) is 0 Å². The summed E-state index contributed by atoms with van der Waals surface area (Å²) in [7, 11) is 1.45. The average molecular weight is 508 g/mol. The Bertz CT molecular complexity index is 583. The number of unbranched alkanes of at least 4 members (excludes halogenated alkanes) is 9. The van der Waals surface area contributed by atoms with Gasteiger partial charge in [0.1, 0.15) is 0 Å². The summed E-state index contributed by atoms with van der Waals surface area (Å²) in [5.74, 6) is 1.43. The summed E-state index contributed by atoms with van der Waals surface area (Å²) in [4.78, 5) is 20.4. The third-order valence-corrected chi connectivity index (χ3v) is 6.29. The van der Waals surface area contributed by atoms with Crippen LogP contribution in [0, 0.1) is 0 Å². The molecule has 0 fully saturated rings. The van der Waals surface area contributed by atoms with Crippen LogP contribution in [-0.4, -0.2) is 54.5 Å². The Kier molecular flexibility index (Phi) is 20.4. The van der Waals surface area contributed by atoms with E-state index in [1.54, 1.807) is 0 Å². The summed E-state index contributed by atoms with van der Waals surface area (Å²) in [6.45, 7) is 4.21. The van der Waals surface area contributed by atoms with Gasteiger partial charge in [0.2, 0.25) is 5.16 Å². The fourth-order valence-electron chi connectivity index (χ4n) is 2.89. The minimum absolute atomic E-state index is 0.119. The van der Waals surface area contributed by atoms with E-state index in [2.05, 4.69) is 38.1 Å². The summed E-state index contributed by atoms with van der Waals surface area (Å²) in [6, 6.07) is -0.251. The summed E-state index contributed by atoms with van der Waals surface area (Å²) in [6.07, 6.45) is 14.0. The van der Waals surface area contributed by atoms with E-state index in [-0.39, 0.29) is 12.0 Å². The zero-order valence-electron chi connectivity index (χ0n) is 20.1. The molecule has 0 radical (unpaired) electrons. The van der Waals surface area contributed by atoms with Crippen molar-refractivity contribution in [2.45, 2.75) is 82.7 Å². The first-order chi connectivity index (χ1) is 16.3.